The van der Waals surface area contributed by atoms with Crippen molar-refractivity contribution in [3.8, 4) is 0 Å². The van der Waals surface area contributed by atoms with Gasteiger partial charge in [-0.2, -0.15) is 0 Å². The summed E-state index contributed by atoms with van der Waals surface area (Å²) in [5.74, 6) is 0. The number of piperidine rings is 1. The number of hydrogen-bond donors (Lipinski definition) is 2. The summed E-state index contributed by atoms with van der Waals surface area (Å²) in [5, 5.41) is 3.62. The Balaban J connectivity index is 1.87. The number of carbonyl (C=O) groups excluding carboxylic acids is 1. The van der Waals surface area contributed by atoms with E-state index in [1.54, 1.807) is 4.90 Å². The minimum Gasteiger partial charge on any atom is -0.351 e. The molecule has 1 aromatic carbocycles. The number of halogens is 1. The Morgan fingerprint density at radius 3 is 2.74 bits per heavy atom. The smallest absolute Gasteiger partial charge is 0.314 e. The Morgan fingerprint density at radius 2 is 2.16 bits per heavy atom. The van der Waals surface area contributed by atoms with Gasteiger partial charge in [-0.05, 0) is 37.5 Å². The lowest BCUT2D eigenvalue weighted by Crippen LogP contribution is -2.47. The first-order chi connectivity index (χ1) is 9.06. The first-order valence-corrected chi connectivity index (χ1v) is 7.41. The van der Waals surface area contributed by atoms with E-state index < -0.39 is 0 Å². The fraction of sp³-hybridized carbons (Fsp3) is 0.500. The quantitative estimate of drug-likeness (QED) is 0.897. The molecule has 0 spiro atoms. The summed E-state index contributed by atoms with van der Waals surface area (Å²) in [5.41, 5.74) is 6.55. The Bertz CT molecular complexity index is 444. The van der Waals surface area contributed by atoms with E-state index >= 15 is 0 Å². The van der Waals surface area contributed by atoms with E-state index in [4.69, 9.17) is 5.73 Å². The van der Waals surface area contributed by atoms with Crippen LogP contribution in [0.1, 0.15) is 31.4 Å². The summed E-state index contributed by atoms with van der Waals surface area (Å²) < 4.78 is 1.10. The maximum Gasteiger partial charge on any atom is 0.314 e. The largest absolute Gasteiger partial charge is 0.351 e. The molecule has 2 rings (SSSR count). The average molecular weight is 326 g/mol. The first-order valence-electron chi connectivity index (χ1n) is 6.62. The lowest BCUT2D eigenvalue weighted by Gasteiger charge is -2.33. The van der Waals surface area contributed by atoms with Gasteiger partial charge < -0.3 is 16.0 Å². The second-order valence-electron chi connectivity index (χ2n) is 5.04. The fourth-order valence-corrected chi connectivity index (χ4v) is 2.91. The van der Waals surface area contributed by atoms with Gasteiger partial charge in [0, 0.05) is 29.6 Å². The summed E-state index contributed by atoms with van der Waals surface area (Å²) in [6, 6.07) is 8.79. The molecule has 3 N–H and O–H groups in total. The van der Waals surface area contributed by atoms with Gasteiger partial charge in [0.2, 0.25) is 0 Å². The number of nitrogens with one attached hydrogen (secondary N) is 1. The highest BCUT2D eigenvalue weighted by molar-refractivity contribution is 9.10. The predicted octanol–water partition coefficient (Wildman–Crippen LogP) is 2.64. The third-order valence-corrected chi connectivity index (χ3v) is 4.13. The summed E-state index contributed by atoms with van der Waals surface area (Å²) in [7, 11) is 0. The van der Waals surface area contributed by atoms with Crippen molar-refractivity contribution < 1.29 is 4.79 Å². The van der Waals surface area contributed by atoms with Crippen molar-refractivity contribution in [1.82, 2.24) is 10.2 Å². The van der Waals surface area contributed by atoms with Gasteiger partial charge in [0.05, 0.1) is 0 Å². The van der Waals surface area contributed by atoms with Crippen LogP contribution in [0.2, 0.25) is 0 Å². The van der Waals surface area contributed by atoms with Crippen LogP contribution in [0.15, 0.2) is 28.7 Å². The minimum atomic E-state index is -0.307. The SMILES string of the molecule is C[C@H](NC1CCN(C(N)=O)CC1)c1cccc(Br)c1. The number of benzene rings is 1. The molecule has 1 atom stereocenters. The number of primary amides is 1. The normalized spacial score (nSPS) is 18.3. The van der Waals surface area contributed by atoms with E-state index in [9.17, 15) is 4.79 Å². The van der Waals surface area contributed by atoms with E-state index in [0.717, 1.165) is 30.4 Å². The van der Waals surface area contributed by atoms with Gasteiger partial charge in [0.25, 0.3) is 0 Å². The third-order valence-electron chi connectivity index (χ3n) is 3.64. The van der Waals surface area contributed by atoms with Gasteiger partial charge >= 0.3 is 6.03 Å². The first kappa shape index (κ1) is 14.3. The number of rotatable bonds is 3. The Labute approximate surface area is 122 Å². The third kappa shape index (κ3) is 3.94. The molecule has 0 aliphatic carbocycles. The van der Waals surface area contributed by atoms with Crippen molar-refractivity contribution in [2.24, 2.45) is 5.73 Å². The maximum absolute atomic E-state index is 11.1. The second kappa shape index (κ2) is 6.39. The maximum atomic E-state index is 11.1. The second-order valence-corrected chi connectivity index (χ2v) is 5.96. The zero-order valence-corrected chi connectivity index (χ0v) is 12.7. The molecule has 19 heavy (non-hydrogen) atoms. The number of amides is 2. The fourth-order valence-electron chi connectivity index (χ4n) is 2.49. The molecule has 1 aliphatic heterocycles. The van der Waals surface area contributed by atoms with E-state index in [1.165, 1.54) is 5.56 Å². The van der Waals surface area contributed by atoms with Crippen molar-refractivity contribution in [2.45, 2.75) is 31.8 Å². The lowest BCUT2D eigenvalue weighted by molar-refractivity contribution is 0.183. The van der Waals surface area contributed by atoms with E-state index in [0.29, 0.717) is 12.1 Å². The number of nitrogens with two attached hydrogens (primary N) is 1. The molecule has 1 aliphatic rings. The van der Waals surface area contributed by atoms with Gasteiger partial charge in [0.1, 0.15) is 0 Å². The van der Waals surface area contributed by atoms with Gasteiger partial charge in [-0.1, -0.05) is 28.1 Å². The van der Waals surface area contributed by atoms with E-state index in [1.807, 2.05) is 12.1 Å². The topological polar surface area (TPSA) is 58.4 Å². The zero-order chi connectivity index (χ0) is 13.8. The van der Waals surface area contributed by atoms with Crippen molar-refractivity contribution in [1.29, 1.82) is 0 Å². The molecular weight excluding hydrogens is 306 g/mol. The van der Waals surface area contributed by atoms with E-state index in [-0.39, 0.29) is 6.03 Å². The highest BCUT2D eigenvalue weighted by atomic mass is 79.9. The van der Waals surface area contributed by atoms with Crippen LogP contribution < -0.4 is 11.1 Å². The molecule has 0 bridgehead atoms. The van der Waals surface area contributed by atoms with Gasteiger partial charge in [-0.25, -0.2) is 4.79 Å². The molecule has 0 aromatic heterocycles. The molecule has 0 unspecified atom stereocenters. The molecule has 2 amide bonds. The van der Waals surface area contributed by atoms with Crippen LogP contribution in [-0.4, -0.2) is 30.1 Å². The number of carbonyl (C=O) groups is 1. The van der Waals surface area contributed by atoms with Crippen molar-refractivity contribution in [2.75, 3.05) is 13.1 Å². The van der Waals surface area contributed by atoms with Crippen molar-refractivity contribution in [3.63, 3.8) is 0 Å². The van der Waals surface area contributed by atoms with Crippen LogP contribution in [0.5, 0.6) is 0 Å². The Hall–Kier alpha value is -1.07. The van der Waals surface area contributed by atoms with Gasteiger partial charge in [0.15, 0.2) is 0 Å². The van der Waals surface area contributed by atoms with Gasteiger partial charge in [-0.3, -0.25) is 0 Å². The molecule has 5 heteroatoms. The molecule has 0 saturated carbocycles. The number of urea groups is 1. The Morgan fingerprint density at radius 1 is 1.47 bits per heavy atom. The zero-order valence-electron chi connectivity index (χ0n) is 11.1. The summed E-state index contributed by atoms with van der Waals surface area (Å²) >= 11 is 3.49. The minimum absolute atomic E-state index is 0.307. The molecule has 4 nitrogen and oxygen atoms in total. The molecule has 104 valence electrons. The van der Waals surface area contributed by atoms with Crippen LogP contribution in [-0.2, 0) is 0 Å². The van der Waals surface area contributed by atoms with Crippen LogP contribution in [0.3, 0.4) is 0 Å². The molecule has 1 heterocycles. The van der Waals surface area contributed by atoms with Crippen LogP contribution in [0, 0.1) is 0 Å². The monoisotopic (exact) mass is 325 g/mol. The number of likely N-dealkylation sites (tertiary alicyclic amines) is 1. The molecule has 1 saturated heterocycles. The number of nitrogens with zero attached hydrogens (tertiary/aromatic N) is 1. The molecule has 0 radical (unpaired) electrons. The summed E-state index contributed by atoms with van der Waals surface area (Å²) in [6.07, 6.45) is 1.92. The average Bonchev–Trinajstić information content (AvgIpc) is 2.39. The highest BCUT2D eigenvalue weighted by Crippen LogP contribution is 2.20. The van der Waals surface area contributed by atoms with Crippen LogP contribution in [0.4, 0.5) is 4.79 Å². The molecule has 1 aromatic rings. The van der Waals surface area contributed by atoms with Crippen LogP contribution in [0.25, 0.3) is 0 Å². The number of hydrogen-bond acceptors (Lipinski definition) is 2. The standard InChI is InChI=1S/C14H20BrN3O/c1-10(11-3-2-4-12(15)9-11)17-13-5-7-18(8-6-13)14(16)19/h2-4,9-10,13,17H,5-8H2,1H3,(H2,16,19)/t10-/m0/s1. The summed E-state index contributed by atoms with van der Waals surface area (Å²) in [4.78, 5) is 12.8. The predicted molar refractivity (Wildman–Crippen MR) is 79.9 cm³/mol. The highest BCUT2D eigenvalue weighted by Gasteiger charge is 2.22. The summed E-state index contributed by atoms with van der Waals surface area (Å²) in [6.45, 7) is 3.67. The lowest BCUT2D eigenvalue weighted by atomic mass is 10.0. The Kier molecular flexibility index (Phi) is 4.82. The van der Waals surface area contributed by atoms with Crippen molar-refractivity contribution in [3.05, 3.63) is 34.3 Å². The van der Waals surface area contributed by atoms with Crippen molar-refractivity contribution >= 4 is 22.0 Å². The van der Waals surface area contributed by atoms with Crippen LogP contribution >= 0.6 is 15.9 Å². The molecular formula is C14H20BrN3O. The molecule has 1 fully saturated rings. The van der Waals surface area contributed by atoms with E-state index in [2.05, 4.69) is 40.3 Å². The van der Waals surface area contributed by atoms with Gasteiger partial charge in [-0.15, -0.1) is 0 Å².